The molecular weight excluding hydrogens is 278 g/mol. The maximum atomic E-state index is 12.5. The van der Waals surface area contributed by atoms with E-state index in [9.17, 15) is 14.7 Å². The van der Waals surface area contributed by atoms with Crippen molar-refractivity contribution in [2.45, 2.75) is 33.2 Å². The van der Waals surface area contributed by atoms with Crippen molar-refractivity contribution in [1.82, 2.24) is 5.32 Å². The number of aryl methyl sites for hydroxylation is 1. The van der Waals surface area contributed by atoms with Crippen LogP contribution in [0.25, 0.3) is 11.1 Å². The molecule has 4 nitrogen and oxygen atoms in total. The standard InChI is InChI=1S/C18H21NO3/c1-11(2)10-16(18(21)22)19-17(20)15-9-8-13-12(3)6-4-5-7-14(13)15/h4-9,11,16H,10H2,1-3H3,(H,19,20)(H,21,22)/t16-/m0/s1. The molecular formula is C18H21NO3. The Morgan fingerprint density at radius 3 is 2.41 bits per heavy atom. The minimum Gasteiger partial charge on any atom is -0.480 e. The van der Waals surface area contributed by atoms with Gasteiger partial charge in [-0.3, -0.25) is 4.79 Å². The Bertz CT molecular complexity index is 663. The maximum absolute atomic E-state index is 12.5. The third kappa shape index (κ3) is 3.45. The van der Waals surface area contributed by atoms with Gasteiger partial charge >= 0.3 is 5.97 Å². The van der Waals surface area contributed by atoms with E-state index in [4.69, 9.17) is 0 Å². The molecule has 4 heteroatoms. The molecule has 0 unspecified atom stereocenters. The Morgan fingerprint density at radius 1 is 1.09 bits per heavy atom. The van der Waals surface area contributed by atoms with Crippen molar-refractivity contribution in [3.05, 3.63) is 47.5 Å². The molecule has 1 amide bonds. The highest BCUT2D eigenvalue weighted by atomic mass is 16.4. The number of rotatable bonds is 5. The van der Waals surface area contributed by atoms with Crippen LogP contribution in [0, 0.1) is 12.8 Å². The van der Waals surface area contributed by atoms with Crippen molar-refractivity contribution >= 4 is 11.9 Å². The van der Waals surface area contributed by atoms with Crippen LogP contribution in [-0.4, -0.2) is 23.0 Å². The van der Waals surface area contributed by atoms with E-state index in [-0.39, 0.29) is 11.8 Å². The summed E-state index contributed by atoms with van der Waals surface area (Å²) in [6.45, 7) is 5.86. The van der Waals surface area contributed by atoms with E-state index >= 15 is 0 Å². The molecule has 0 aromatic heterocycles. The lowest BCUT2D eigenvalue weighted by Gasteiger charge is -2.16. The third-order valence-corrected chi connectivity index (χ3v) is 3.70. The monoisotopic (exact) mass is 299 g/mol. The number of nitrogens with one attached hydrogen (secondary N) is 1. The van der Waals surface area contributed by atoms with Gasteiger partial charge in [0, 0.05) is 5.56 Å². The van der Waals surface area contributed by atoms with Crippen molar-refractivity contribution < 1.29 is 14.7 Å². The second-order valence-electron chi connectivity index (χ2n) is 5.97. The second kappa shape index (κ2) is 6.60. The lowest BCUT2D eigenvalue weighted by molar-refractivity contribution is -0.139. The summed E-state index contributed by atoms with van der Waals surface area (Å²) in [6, 6.07) is 10.5. The van der Waals surface area contributed by atoms with Crippen molar-refractivity contribution in [2.75, 3.05) is 0 Å². The summed E-state index contributed by atoms with van der Waals surface area (Å²) in [6.07, 6.45) is 0.409. The van der Waals surface area contributed by atoms with Crippen LogP contribution in [-0.2, 0) is 4.79 Å². The number of hydrogen-bond donors (Lipinski definition) is 2. The average Bonchev–Trinajstić information content (AvgIpc) is 2.77. The number of fused-ring (bicyclic) bond motifs is 1. The molecule has 0 fully saturated rings. The summed E-state index contributed by atoms with van der Waals surface area (Å²) in [5.74, 6) is -1.15. The highest BCUT2D eigenvalue weighted by Gasteiger charge is 2.24. The molecule has 2 aliphatic rings. The van der Waals surface area contributed by atoms with Crippen LogP contribution >= 0.6 is 0 Å². The molecule has 0 radical (unpaired) electrons. The number of amides is 1. The molecule has 0 spiro atoms. The molecule has 0 saturated heterocycles. The van der Waals surface area contributed by atoms with Crippen LogP contribution in [0.2, 0.25) is 0 Å². The Balaban J connectivity index is 2.27. The van der Waals surface area contributed by atoms with Crippen molar-refractivity contribution in [3.8, 4) is 11.1 Å². The second-order valence-corrected chi connectivity index (χ2v) is 5.97. The molecule has 1 atom stereocenters. The van der Waals surface area contributed by atoms with E-state index in [2.05, 4.69) is 5.32 Å². The first-order valence-corrected chi connectivity index (χ1v) is 7.42. The van der Waals surface area contributed by atoms with Crippen molar-refractivity contribution in [3.63, 3.8) is 0 Å². The summed E-state index contributed by atoms with van der Waals surface area (Å²) < 4.78 is 0. The van der Waals surface area contributed by atoms with E-state index in [1.807, 2.05) is 51.1 Å². The topological polar surface area (TPSA) is 66.4 Å². The van der Waals surface area contributed by atoms with Gasteiger partial charge in [-0.25, -0.2) is 4.79 Å². The average molecular weight is 299 g/mol. The molecule has 0 bridgehead atoms. The number of aliphatic carboxylic acids is 1. The lowest BCUT2D eigenvalue weighted by Crippen LogP contribution is -2.41. The van der Waals surface area contributed by atoms with E-state index in [0.29, 0.717) is 12.0 Å². The predicted molar refractivity (Wildman–Crippen MR) is 86.1 cm³/mol. The summed E-state index contributed by atoms with van der Waals surface area (Å²) in [4.78, 5) is 23.7. The van der Waals surface area contributed by atoms with Gasteiger partial charge in [-0.1, -0.05) is 44.2 Å². The molecule has 0 saturated carbocycles. The fourth-order valence-electron chi connectivity index (χ4n) is 2.58. The molecule has 0 aromatic carbocycles. The SMILES string of the molecule is Cc1ccccc2c(C(=O)N[C@@H](CC(C)C)C(=O)O)ccc1-2. The van der Waals surface area contributed by atoms with Crippen LogP contribution in [0.5, 0.6) is 0 Å². The van der Waals surface area contributed by atoms with Crippen LogP contribution < -0.4 is 5.32 Å². The summed E-state index contributed by atoms with van der Waals surface area (Å²) in [5.41, 5.74) is 3.44. The third-order valence-electron chi connectivity index (χ3n) is 3.70. The van der Waals surface area contributed by atoms with Gasteiger partial charge in [0.25, 0.3) is 5.91 Å². The Kier molecular flexibility index (Phi) is 4.81. The van der Waals surface area contributed by atoms with Gasteiger partial charge in [-0.15, -0.1) is 0 Å². The summed E-state index contributed by atoms with van der Waals surface area (Å²) in [5, 5.41) is 11.9. The van der Waals surface area contributed by atoms with Gasteiger partial charge in [0.15, 0.2) is 0 Å². The molecule has 2 aliphatic carbocycles. The molecule has 22 heavy (non-hydrogen) atoms. The number of carbonyl (C=O) groups excluding carboxylic acids is 1. The molecule has 2 rings (SSSR count). The first kappa shape index (κ1) is 16.0. The van der Waals surface area contributed by atoms with Crippen molar-refractivity contribution in [1.29, 1.82) is 0 Å². The normalized spacial score (nSPS) is 12.4. The lowest BCUT2D eigenvalue weighted by atomic mass is 10.0. The quantitative estimate of drug-likeness (QED) is 0.890. The van der Waals surface area contributed by atoms with Crippen LogP contribution in [0.4, 0.5) is 0 Å². The Morgan fingerprint density at radius 2 is 1.77 bits per heavy atom. The zero-order chi connectivity index (χ0) is 16.3. The highest BCUT2D eigenvalue weighted by Crippen LogP contribution is 2.29. The number of carboxylic acid groups (broad SMARTS) is 1. The van der Waals surface area contributed by atoms with E-state index < -0.39 is 12.0 Å². The minimum atomic E-state index is -1.00. The largest absolute Gasteiger partial charge is 0.480 e. The summed E-state index contributed by atoms with van der Waals surface area (Å²) >= 11 is 0. The van der Waals surface area contributed by atoms with Crippen LogP contribution in [0.1, 0.15) is 36.2 Å². The molecule has 0 heterocycles. The van der Waals surface area contributed by atoms with Crippen LogP contribution in [0.3, 0.4) is 0 Å². The molecule has 2 N–H and O–H groups in total. The minimum absolute atomic E-state index is 0.192. The van der Waals surface area contributed by atoms with Gasteiger partial charge in [0.05, 0.1) is 0 Å². The highest BCUT2D eigenvalue weighted by molar-refractivity contribution is 6.03. The first-order chi connectivity index (χ1) is 10.4. The van der Waals surface area contributed by atoms with Gasteiger partial charge in [-0.05, 0) is 42.0 Å². The van der Waals surface area contributed by atoms with Gasteiger partial charge < -0.3 is 10.4 Å². The van der Waals surface area contributed by atoms with E-state index in [1.54, 1.807) is 6.07 Å². The molecule has 116 valence electrons. The fraction of sp³-hybridized carbons (Fsp3) is 0.333. The maximum Gasteiger partial charge on any atom is 0.326 e. The number of carboxylic acids is 1. The predicted octanol–water partition coefficient (Wildman–Crippen LogP) is 3.33. The van der Waals surface area contributed by atoms with Gasteiger partial charge in [0.2, 0.25) is 0 Å². The number of carbonyl (C=O) groups is 2. The van der Waals surface area contributed by atoms with Gasteiger partial charge in [0.1, 0.15) is 6.04 Å². The Hall–Kier alpha value is -2.36. The molecule has 0 aliphatic heterocycles. The number of hydrogen-bond acceptors (Lipinski definition) is 2. The van der Waals surface area contributed by atoms with E-state index in [0.717, 1.165) is 16.7 Å². The molecule has 0 aromatic rings. The zero-order valence-corrected chi connectivity index (χ0v) is 13.1. The van der Waals surface area contributed by atoms with Crippen LogP contribution in [0.15, 0.2) is 36.4 Å². The van der Waals surface area contributed by atoms with Gasteiger partial charge in [-0.2, -0.15) is 0 Å². The fourth-order valence-corrected chi connectivity index (χ4v) is 2.58. The smallest absolute Gasteiger partial charge is 0.326 e. The van der Waals surface area contributed by atoms with E-state index in [1.165, 1.54) is 0 Å². The first-order valence-electron chi connectivity index (χ1n) is 7.42. The zero-order valence-electron chi connectivity index (χ0n) is 13.1. The Labute approximate surface area is 130 Å². The summed E-state index contributed by atoms with van der Waals surface area (Å²) in [7, 11) is 0. The van der Waals surface area contributed by atoms with Crippen molar-refractivity contribution in [2.24, 2.45) is 5.92 Å².